The SMILES string of the molecule is CCOC(=O)/C(C#N)=C/Nc1nc(CN2CCOCC2)cs1. The molecular weight excluding hydrogens is 304 g/mol. The molecule has 8 heteroatoms. The van der Waals surface area contributed by atoms with Gasteiger partial charge in [-0.05, 0) is 6.92 Å². The van der Waals surface area contributed by atoms with Crippen LogP contribution in [0.5, 0.6) is 0 Å². The minimum Gasteiger partial charge on any atom is -0.462 e. The highest BCUT2D eigenvalue weighted by molar-refractivity contribution is 7.13. The number of nitrogens with one attached hydrogen (secondary N) is 1. The fourth-order valence-corrected chi connectivity index (χ4v) is 2.59. The van der Waals surface area contributed by atoms with Crippen molar-refractivity contribution in [3.05, 3.63) is 22.8 Å². The summed E-state index contributed by atoms with van der Waals surface area (Å²) in [5.74, 6) is -0.636. The van der Waals surface area contributed by atoms with E-state index in [1.54, 1.807) is 6.92 Å². The Morgan fingerprint density at radius 2 is 2.41 bits per heavy atom. The molecule has 2 heterocycles. The van der Waals surface area contributed by atoms with E-state index in [-0.39, 0.29) is 12.2 Å². The second-order valence-electron chi connectivity index (χ2n) is 4.57. The lowest BCUT2D eigenvalue weighted by atomic mass is 10.3. The van der Waals surface area contributed by atoms with E-state index in [1.807, 2.05) is 11.4 Å². The Balaban J connectivity index is 1.90. The molecule has 0 spiro atoms. The molecule has 1 saturated heterocycles. The third-order valence-corrected chi connectivity index (χ3v) is 3.82. The zero-order chi connectivity index (χ0) is 15.8. The predicted octanol–water partition coefficient (Wildman–Crippen LogP) is 1.36. The van der Waals surface area contributed by atoms with E-state index in [1.165, 1.54) is 17.5 Å². The molecule has 0 unspecified atom stereocenters. The lowest BCUT2D eigenvalue weighted by Crippen LogP contribution is -2.35. The molecule has 1 aliphatic heterocycles. The Bertz CT molecular complexity index is 573. The first-order valence-electron chi connectivity index (χ1n) is 7.01. The molecule has 1 aliphatic rings. The highest BCUT2D eigenvalue weighted by Crippen LogP contribution is 2.17. The molecule has 1 aromatic heterocycles. The van der Waals surface area contributed by atoms with Crippen LogP contribution in [0.15, 0.2) is 17.2 Å². The molecule has 118 valence electrons. The van der Waals surface area contributed by atoms with Gasteiger partial charge >= 0.3 is 5.97 Å². The van der Waals surface area contributed by atoms with Crippen LogP contribution in [0.3, 0.4) is 0 Å². The van der Waals surface area contributed by atoms with Gasteiger partial charge in [0.05, 0.1) is 25.5 Å². The maximum Gasteiger partial charge on any atom is 0.350 e. The van der Waals surface area contributed by atoms with Crippen molar-refractivity contribution in [2.24, 2.45) is 0 Å². The molecule has 0 saturated carbocycles. The van der Waals surface area contributed by atoms with Gasteiger partial charge in [0.2, 0.25) is 0 Å². The maximum absolute atomic E-state index is 11.5. The van der Waals surface area contributed by atoms with Gasteiger partial charge in [0, 0.05) is 31.2 Å². The smallest absolute Gasteiger partial charge is 0.350 e. The first-order chi connectivity index (χ1) is 10.7. The number of thiazole rings is 1. The maximum atomic E-state index is 11.5. The quantitative estimate of drug-likeness (QED) is 0.480. The van der Waals surface area contributed by atoms with Gasteiger partial charge < -0.3 is 14.8 Å². The van der Waals surface area contributed by atoms with E-state index >= 15 is 0 Å². The summed E-state index contributed by atoms with van der Waals surface area (Å²) in [4.78, 5) is 18.2. The molecule has 2 rings (SSSR count). The number of aromatic nitrogens is 1. The Labute approximate surface area is 133 Å². The average Bonchev–Trinajstić information content (AvgIpc) is 2.97. The molecule has 7 nitrogen and oxygen atoms in total. The predicted molar refractivity (Wildman–Crippen MR) is 82.2 cm³/mol. The summed E-state index contributed by atoms with van der Waals surface area (Å²) >= 11 is 1.43. The number of esters is 1. The van der Waals surface area contributed by atoms with Crippen molar-refractivity contribution in [1.29, 1.82) is 5.26 Å². The highest BCUT2D eigenvalue weighted by Gasteiger charge is 2.13. The largest absolute Gasteiger partial charge is 0.462 e. The van der Waals surface area contributed by atoms with E-state index in [4.69, 9.17) is 14.7 Å². The van der Waals surface area contributed by atoms with Crippen LogP contribution in [0.2, 0.25) is 0 Å². The molecule has 1 fully saturated rings. The minimum absolute atomic E-state index is 0.0771. The van der Waals surface area contributed by atoms with Crippen molar-refractivity contribution < 1.29 is 14.3 Å². The van der Waals surface area contributed by atoms with Gasteiger partial charge in [0.25, 0.3) is 0 Å². The van der Waals surface area contributed by atoms with E-state index in [9.17, 15) is 4.79 Å². The number of anilines is 1. The molecule has 0 amide bonds. The van der Waals surface area contributed by atoms with Gasteiger partial charge in [0.1, 0.15) is 6.07 Å². The number of hydrogen-bond acceptors (Lipinski definition) is 8. The topological polar surface area (TPSA) is 87.5 Å². The fraction of sp³-hybridized carbons (Fsp3) is 0.500. The Morgan fingerprint density at radius 3 is 3.09 bits per heavy atom. The normalized spacial score (nSPS) is 16.1. The van der Waals surface area contributed by atoms with Crippen LogP contribution in [-0.2, 0) is 20.8 Å². The molecule has 0 radical (unpaired) electrons. The number of ether oxygens (including phenoxy) is 2. The van der Waals surface area contributed by atoms with E-state index in [0.29, 0.717) is 5.13 Å². The van der Waals surface area contributed by atoms with Gasteiger partial charge in [-0.3, -0.25) is 4.90 Å². The van der Waals surface area contributed by atoms with Crippen molar-refractivity contribution in [2.75, 3.05) is 38.2 Å². The summed E-state index contributed by atoms with van der Waals surface area (Å²) in [6.07, 6.45) is 1.33. The van der Waals surface area contributed by atoms with Gasteiger partial charge in [-0.2, -0.15) is 5.26 Å². The van der Waals surface area contributed by atoms with E-state index in [2.05, 4.69) is 15.2 Å². The zero-order valence-electron chi connectivity index (χ0n) is 12.4. The van der Waals surface area contributed by atoms with Crippen molar-refractivity contribution in [3.63, 3.8) is 0 Å². The number of hydrogen-bond donors (Lipinski definition) is 1. The van der Waals surface area contributed by atoms with Crippen LogP contribution in [0, 0.1) is 11.3 Å². The van der Waals surface area contributed by atoms with Crippen LogP contribution in [-0.4, -0.2) is 48.8 Å². The number of carbonyl (C=O) groups is 1. The molecule has 0 aliphatic carbocycles. The zero-order valence-corrected chi connectivity index (χ0v) is 13.2. The monoisotopic (exact) mass is 322 g/mol. The number of rotatable bonds is 6. The van der Waals surface area contributed by atoms with Crippen LogP contribution in [0.25, 0.3) is 0 Å². The van der Waals surface area contributed by atoms with Gasteiger partial charge in [-0.15, -0.1) is 11.3 Å². The van der Waals surface area contributed by atoms with Crippen LogP contribution < -0.4 is 5.32 Å². The summed E-state index contributed by atoms with van der Waals surface area (Å²) in [7, 11) is 0. The number of nitrogens with zero attached hydrogens (tertiary/aromatic N) is 3. The molecule has 0 bridgehead atoms. The highest BCUT2D eigenvalue weighted by atomic mass is 32.1. The van der Waals surface area contributed by atoms with E-state index < -0.39 is 5.97 Å². The first-order valence-corrected chi connectivity index (χ1v) is 7.89. The van der Waals surface area contributed by atoms with E-state index in [0.717, 1.165) is 38.5 Å². The molecule has 1 N–H and O–H groups in total. The summed E-state index contributed by atoms with van der Waals surface area (Å²) < 4.78 is 10.1. The van der Waals surface area contributed by atoms with Crippen LogP contribution in [0.1, 0.15) is 12.6 Å². The Kier molecular flexibility index (Phi) is 6.33. The standard InChI is InChI=1S/C14H18N4O3S/c1-2-21-13(19)11(7-15)8-16-14-17-12(10-22-14)9-18-3-5-20-6-4-18/h8,10H,2-6,9H2,1H3,(H,16,17)/b11-8+. The third-order valence-electron chi connectivity index (χ3n) is 3.00. The molecule has 22 heavy (non-hydrogen) atoms. The second-order valence-corrected chi connectivity index (χ2v) is 5.43. The summed E-state index contributed by atoms with van der Waals surface area (Å²) in [6.45, 7) is 6.02. The van der Waals surface area contributed by atoms with Crippen LogP contribution in [0.4, 0.5) is 5.13 Å². The van der Waals surface area contributed by atoms with Gasteiger partial charge in [-0.25, -0.2) is 9.78 Å². The summed E-state index contributed by atoms with van der Waals surface area (Å²) in [5, 5.41) is 14.4. The molecule has 0 atom stereocenters. The third kappa shape index (κ3) is 4.80. The van der Waals surface area contributed by atoms with Gasteiger partial charge in [-0.1, -0.05) is 0 Å². The fourth-order valence-electron chi connectivity index (χ4n) is 1.91. The van der Waals surface area contributed by atoms with Crippen molar-refractivity contribution in [1.82, 2.24) is 9.88 Å². The number of nitriles is 1. The minimum atomic E-state index is -0.636. The Morgan fingerprint density at radius 1 is 1.64 bits per heavy atom. The number of morpholine rings is 1. The molecule has 0 aromatic carbocycles. The second kappa shape index (κ2) is 8.48. The van der Waals surface area contributed by atoms with Crippen molar-refractivity contribution in [2.45, 2.75) is 13.5 Å². The number of carbonyl (C=O) groups excluding carboxylic acids is 1. The van der Waals surface area contributed by atoms with Crippen molar-refractivity contribution >= 4 is 22.4 Å². The lowest BCUT2D eigenvalue weighted by Gasteiger charge is -2.25. The molecular formula is C14H18N4O3S. The van der Waals surface area contributed by atoms with Crippen molar-refractivity contribution in [3.8, 4) is 6.07 Å². The summed E-state index contributed by atoms with van der Waals surface area (Å²) in [5.41, 5.74) is 0.879. The van der Waals surface area contributed by atoms with Gasteiger partial charge in [0.15, 0.2) is 10.7 Å². The van der Waals surface area contributed by atoms with Crippen LogP contribution >= 0.6 is 11.3 Å². The Hall–Kier alpha value is -1.95. The summed E-state index contributed by atoms with van der Waals surface area (Å²) in [6, 6.07) is 1.81. The molecule has 1 aromatic rings. The average molecular weight is 322 g/mol. The lowest BCUT2D eigenvalue weighted by molar-refractivity contribution is -0.138. The first kappa shape index (κ1) is 16.4.